The molecule has 0 unspecified atom stereocenters. The summed E-state index contributed by atoms with van der Waals surface area (Å²) in [7, 11) is 0. The van der Waals surface area contributed by atoms with Crippen molar-refractivity contribution in [2.45, 2.75) is 51.9 Å². The van der Waals surface area contributed by atoms with Gasteiger partial charge in [0.15, 0.2) is 0 Å². The van der Waals surface area contributed by atoms with Gasteiger partial charge in [0, 0.05) is 6.42 Å². The first-order valence-corrected chi connectivity index (χ1v) is 7.70. The molecule has 0 aliphatic rings. The molecule has 21 heavy (non-hydrogen) atoms. The third-order valence-corrected chi connectivity index (χ3v) is 2.75. The van der Waals surface area contributed by atoms with E-state index >= 15 is 0 Å². The maximum absolute atomic E-state index is 10.3. The van der Waals surface area contributed by atoms with E-state index in [4.69, 9.17) is 5.11 Å². The molecular weight excluding hydrogens is 260 g/mol. The van der Waals surface area contributed by atoms with Gasteiger partial charge in [-0.3, -0.25) is 4.79 Å². The van der Waals surface area contributed by atoms with Crippen molar-refractivity contribution in [2.24, 2.45) is 0 Å². The quantitative estimate of drug-likeness (QED) is 0.375. The summed E-state index contributed by atoms with van der Waals surface area (Å²) < 4.78 is 0. The highest BCUT2D eigenvalue weighted by molar-refractivity contribution is 5.66. The van der Waals surface area contributed by atoms with Gasteiger partial charge in [0.25, 0.3) is 0 Å². The van der Waals surface area contributed by atoms with E-state index in [0.717, 1.165) is 38.5 Å². The normalized spacial score (nSPS) is 12.8. The van der Waals surface area contributed by atoms with Crippen molar-refractivity contribution in [2.75, 3.05) is 0 Å². The third-order valence-electron chi connectivity index (χ3n) is 2.75. The number of carboxylic acid groups (broad SMARTS) is 1. The Morgan fingerprint density at radius 1 is 0.762 bits per heavy atom. The molecule has 2 heteroatoms. The van der Waals surface area contributed by atoms with Gasteiger partial charge in [-0.25, -0.2) is 0 Å². The molecule has 0 fully saturated rings. The molecule has 0 spiro atoms. The number of carbonyl (C=O) groups is 1. The molecule has 116 valence electrons. The SMILES string of the molecule is CC=CCC=CCC=CCC=CCC=CCCCC(=O)O. The molecule has 0 atom stereocenters. The van der Waals surface area contributed by atoms with Crippen LogP contribution in [0, 0.1) is 0 Å². The van der Waals surface area contributed by atoms with Gasteiger partial charge >= 0.3 is 5.97 Å². The average Bonchev–Trinajstić information content (AvgIpc) is 2.46. The van der Waals surface area contributed by atoms with Crippen molar-refractivity contribution in [3.63, 3.8) is 0 Å². The third kappa shape index (κ3) is 18.2. The number of hydrogen-bond donors (Lipinski definition) is 1. The second-order valence-corrected chi connectivity index (χ2v) is 4.68. The maximum Gasteiger partial charge on any atom is 0.303 e. The lowest BCUT2D eigenvalue weighted by Crippen LogP contribution is -1.92. The Hall–Kier alpha value is -1.83. The highest BCUT2D eigenvalue weighted by Crippen LogP contribution is 1.99. The van der Waals surface area contributed by atoms with Crippen molar-refractivity contribution >= 4 is 5.97 Å². The van der Waals surface area contributed by atoms with Crippen LogP contribution in [-0.2, 0) is 4.79 Å². The van der Waals surface area contributed by atoms with Crippen molar-refractivity contribution in [1.29, 1.82) is 0 Å². The summed E-state index contributed by atoms with van der Waals surface area (Å²) in [6.45, 7) is 2.03. The first-order valence-electron chi connectivity index (χ1n) is 7.70. The van der Waals surface area contributed by atoms with E-state index in [-0.39, 0.29) is 6.42 Å². The fraction of sp³-hybridized carbons (Fsp3) is 0.421. The molecule has 0 radical (unpaired) electrons. The van der Waals surface area contributed by atoms with E-state index < -0.39 is 5.97 Å². The number of hydrogen-bond acceptors (Lipinski definition) is 1. The van der Waals surface area contributed by atoms with Crippen LogP contribution in [0.4, 0.5) is 0 Å². The molecule has 0 rings (SSSR count). The van der Waals surface area contributed by atoms with Gasteiger partial charge in [0.05, 0.1) is 0 Å². The predicted molar refractivity (Wildman–Crippen MR) is 91.3 cm³/mol. The summed E-state index contributed by atoms with van der Waals surface area (Å²) in [6.07, 6.45) is 27.1. The van der Waals surface area contributed by atoms with E-state index in [1.54, 1.807) is 0 Å². The largest absolute Gasteiger partial charge is 0.481 e. The van der Waals surface area contributed by atoms with Gasteiger partial charge in [0.2, 0.25) is 0 Å². The molecule has 0 aliphatic heterocycles. The van der Waals surface area contributed by atoms with Crippen molar-refractivity contribution in [3.8, 4) is 0 Å². The van der Waals surface area contributed by atoms with Crippen LogP contribution in [0.1, 0.15) is 51.9 Å². The van der Waals surface area contributed by atoms with Gasteiger partial charge in [0.1, 0.15) is 0 Å². The second-order valence-electron chi connectivity index (χ2n) is 4.68. The lowest BCUT2D eigenvalue weighted by molar-refractivity contribution is -0.137. The van der Waals surface area contributed by atoms with Gasteiger partial charge in [-0.15, -0.1) is 0 Å². The summed E-state index contributed by atoms with van der Waals surface area (Å²) in [6, 6.07) is 0. The van der Waals surface area contributed by atoms with Crippen molar-refractivity contribution in [1.82, 2.24) is 0 Å². The van der Waals surface area contributed by atoms with E-state index in [2.05, 4.69) is 60.8 Å². The fourth-order valence-corrected chi connectivity index (χ4v) is 1.61. The van der Waals surface area contributed by atoms with E-state index in [1.807, 2.05) is 6.92 Å². The average molecular weight is 288 g/mol. The summed E-state index contributed by atoms with van der Waals surface area (Å²) in [5.41, 5.74) is 0. The minimum Gasteiger partial charge on any atom is -0.481 e. The minimum atomic E-state index is -0.716. The van der Waals surface area contributed by atoms with Crippen LogP contribution in [0.15, 0.2) is 60.8 Å². The zero-order valence-corrected chi connectivity index (χ0v) is 13.1. The zero-order valence-electron chi connectivity index (χ0n) is 13.1. The van der Waals surface area contributed by atoms with Crippen LogP contribution >= 0.6 is 0 Å². The summed E-state index contributed by atoms with van der Waals surface area (Å²) in [5.74, 6) is -0.716. The summed E-state index contributed by atoms with van der Waals surface area (Å²) in [5, 5.41) is 8.48. The molecular formula is C19H28O2. The van der Waals surface area contributed by atoms with Crippen molar-refractivity contribution < 1.29 is 9.90 Å². The number of unbranched alkanes of at least 4 members (excludes halogenated alkanes) is 1. The zero-order chi connectivity index (χ0) is 15.6. The number of aliphatic carboxylic acids is 1. The molecule has 0 aromatic carbocycles. The molecule has 0 bridgehead atoms. The lowest BCUT2D eigenvalue weighted by atomic mass is 10.2. The molecule has 0 heterocycles. The smallest absolute Gasteiger partial charge is 0.303 e. The highest BCUT2D eigenvalue weighted by atomic mass is 16.4. The van der Waals surface area contributed by atoms with Crippen LogP contribution in [0.2, 0.25) is 0 Å². The maximum atomic E-state index is 10.3. The van der Waals surface area contributed by atoms with Crippen LogP contribution in [0.3, 0.4) is 0 Å². The van der Waals surface area contributed by atoms with Crippen LogP contribution in [-0.4, -0.2) is 11.1 Å². The molecule has 0 aromatic heterocycles. The Balaban J connectivity index is 3.45. The Bertz CT molecular complexity index is 384. The minimum absolute atomic E-state index is 0.258. The van der Waals surface area contributed by atoms with E-state index in [0.29, 0.717) is 0 Å². The van der Waals surface area contributed by atoms with Gasteiger partial charge < -0.3 is 5.11 Å². The fourth-order valence-electron chi connectivity index (χ4n) is 1.61. The molecule has 0 saturated carbocycles. The first-order chi connectivity index (χ1) is 10.3. The van der Waals surface area contributed by atoms with Crippen molar-refractivity contribution in [3.05, 3.63) is 60.8 Å². The molecule has 2 nitrogen and oxygen atoms in total. The highest BCUT2D eigenvalue weighted by Gasteiger charge is 1.92. The van der Waals surface area contributed by atoms with Gasteiger partial charge in [-0.05, 0) is 45.4 Å². The van der Waals surface area contributed by atoms with E-state index in [9.17, 15) is 4.79 Å². The van der Waals surface area contributed by atoms with Gasteiger partial charge in [-0.2, -0.15) is 0 Å². The monoisotopic (exact) mass is 288 g/mol. The number of rotatable bonds is 12. The van der Waals surface area contributed by atoms with Crippen LogP contribution in [0.5, 0.6) is 0 Å². The Kier molecular flexibility index (Phi) is 14.8. The predicted octanol–water partition coefficient (Wildman–Crippen LogP) is 5.60. The Morgan fingerprint density at radius 3 is 1.62 bits per heavy atom. The second kappa shape index (κ2) is 16.2. The van der Waals surface area contributed by atoms with Crippen LogP contribution in [0.25, 0.3) is 0 Å². The molecule has 0 saturated heterocycles. The molecule has 0 aliphatic carbocycles. The Morgan fingerprint density at radius 2 is 1.19 bits per heavy atom. The molecule has 0 amide bonds. The van der Waals surface area contributed by atoms with E-state index in [1.165, 1.54) is 0 Å². The van der Waals surface area contributed by atoms with Crippen LogP contribution < -0.4 is 0 Å². The Labute approximate surface area is 129 Å². The number of carboxylic acids is 1. The summed E-state index contributed by atoms with van der Waals surface area (Å²) in [4.78, 5) is 10.3. The topological polar surface area (TPSA) is 37.3 Å². The molecule has 1 N–H and O–H groups in total. The molecule has 0 aromatic rings. The lowest BCUT2D eigenvalue weighted by Gasteiger charge is -1.89. The number of allylic oxidation sites excluding steroid dienone is 10. The standard InChI is InChI=1S/C19H28O2/c1-2-3-4-5-6-7-8-9-10-11-12-13-14-15-16-17-18-19(20)21/h2-3,5-6,8-9,11-12,14-15H,4,7,10,13,16-18H2,1H3,(H,20,21). The first kappa shape index (κ1) is 19.2. The summed E-state index contributed by atoms with van der Waals surface area (Å²) >= 11 is 0. The van der Waals surface area contributed by atoms with Gasteiger partial charge in [-0.1, -0.05) is 60.8 Å².